The molecule has 23 heavy (non-hydrogen) atoms. The lowest BCUT2D eigenvalue weighted by Gasteiger charge is -2.25. The Hall–Kier alpha value is -2.26. The first-order valence-electron chi connectivity index (χ1n) is 7.86. The van der Waals surface area contributed by atoms with E-state index in [1.807, 2.05) is 48.5 Å². The molecule has 1 aliphatic carbocycles. The van der Waals surface area contributed by atoms with Gasteiger partial charge in [-0.1, -0.05) is 35.9 Å². The van der Waals surface area contributed by atoms with Crippen molar-refractivity contribution in [2.75, 3.05) is 10.6 Å². The fraction of sp³-hybridized carbons (Fsp3) is 0.211. The lowest BCUT2D eigenvalue weighted by Crippen LogP contribution is -2.23. The van der Waals surface area contributed by atoms with Gasteiger partial charge < -0.3 is 10.6 Å². The maximum Gasteiger partial charge on any atom is 0.163 e. The van der Waals surface area contributed by atoms with Crippen LogP contribution in [0, 0.1) is 0 Å². The Labute approximate surface area is 140 Å². The lowest BCUT2D eigenvalue weighted by molar-refractivity contribution is -0.116. The summed E-state index contributed by atoms with van der Waals surface area (Å²) in [6, 6.07) is 15.6. The Morgan fingerprint density at radius 2 is 1.70 bits per heavy atom. The molecule has 4 rings (SSSR count). The third-order valence-corrected chi connectivity index (χ3v) is 4.71. The van der Waals surface area contributed by atoms with Gasteiger partial charge in [-0.15, -0.1) is 0 Å². The van der Waals surface area contributed by atoms with Crippen LogP contribution in [-0.2, 0) is 4.79 Å². The standard InChI is InChI=1S/C19H17ClN2O/c20-13-10-8-12(9-11-13)19-18-16(6-3-7-17(18)23)21-14-4-1-2-5-15(14)22-19/h1-2,4-5,8-11,19,21-22H,3,6-7H2. The van der Waals surface area contributed by atoms with Crippen molar-refractivity contribution >= 4 is 28.8 Å². The van der Waals surface area contributed by atoms with Crippen molar-refractivity contribution in [3.8, 4) is 0 Å². The molecule has 116 valence electrons. The van der Waals surface area contributed by atoms with Crippen LogP contribution in [0.1, 0.15) is 30.9 Å². The number of rotatable bonds is 1. The van der Waals surface area contributed by atoms with Crippen LogP contribution in [0.15, 0.2) is 59.8 Å². The predicted octanol–water partition coefficient (Wildman–Crippen LogP) is 4.93. The molecule has 1 heterocycles. The van der Waals surface area contributed by atoms with Crippen LogP contribution >= 0.6 is 11.6 Å². The molecule has 2 aliphatic rings. The zero-order valence-corrected chi connectivity index (χ0v) is 13.4. The highest BCUT2D eigenvalue weighted by atomic mass is 35.5. The second-order valence-corrected chi connectivity index (χ2v) is 6.40. The minimum absolute atomic E-state index is 0.147. The molecule has 0 saturated heterocycles. The molecule has 0 amide bonds. The van der Waals surface area contributed by atoms with Gasteiger partial charge in [-0.3, -0.25) is 4.79 Å². The highest BCUT2D eigenvalue weighted by molar-refractivity contribution is 6.30. The van der Waals surface area contributed by atoms with Crippen molar-refractivity contribution in [3.05, 3.63) is 70.4 Å². The van der Waals surface area contributed by atoms with E-state index in [9.17, 15) is 4.79 Å². The minimum atomic E-state index is -0.147. The molecular formula is C19H17ClN2O. The van der Waals surface area contributed by atoms with E-state index in [-0.39, 0.29) is 11.8 Å². The van der Waals surface area contributed by atoms with Crippen molar-refractivity contribution < 1.29 is 4.79 Å². The highest BCUT2D eigenvalue weighted by Gasteiger charge is 2.31. The van der Waals surface area contributed by atoms with Gasteiger partial charge in [-0.05, 0) is 42.7 Å². The van der Waals surface area contributed by atoms with Crippen LogP contribution in [0.4, 0.5) is 11.4 Å². The number of anilines is 2. The molecular weight excluding hydrogens is 308 g/mol. The third kappa shape index (κ3) is 2.62. The van der Waals surface area contributed by atoms with Crippen molar-refractivity contribution in [2.24, 2.45) is 0 Å². The topological polar surface area (TPSA) is 41.1 Å². The molecule has 1 unspecified atom stereocenters. The Morgan fingerprint density at radius 3 is 2.48 bits per heavy atom. The van der Waals surface area contributed by atoms with Crippen LogP contribution in [-0.4, -0.2) is 5.78 Å². The smallest absolute Gasteiger partial charge is 0.163 e. The fourth-order valence-corrected chi connectivity index (χ4v) is 3.47. The van der Waals surface area contributed by atoms with Gasteiger partial charge in [-0.2, -0.15) is 0 Å². The summed E-state index contributed by atoms with van der Waals surface area (Å²) in [6.45, 7) is 0. The minimum Gasteiger partial charge on any atom is -0.372 e. The van der Waals surface area contributed by atoms with E-state index in [0.29, 0.717) is 11.4 Å². The van der Waals surface area contributed by atoms with Crippen molar-refractivity contribution in [1.29, 1.82) is 0 Å². The lowest BCUT2D eigenvalue weighted by atomic mass is 9.87. The maximum absolute atomic E-state index is 12.6. The summed E-state index contributed by atoms with van der Waals surface area (Å²) in [5.74, 6) is 0.221. The average molecular weight is 325 g/mol. The molecule has 1 aliphatic heterocycles. The number of Topliss-reactive ketones (excluding diaryl/α,β-unsaturated/α-hetero) is 1. The summed E-state index contributed by atoms with van der Waals surface area (Å²) in [5, 5.41) is 7.71. The number of carbonyl (C=O) groups excluding carboxylic acids is 1. The number of fused-ring (bicyclic) bond motifs is 1. The molecule has 0 spiro atoms. The Bertz CT molecular complexity index is 795. The molecule has 2 aromatic rings. The van der Waals surface area contributed by atoms with Gasteiger partial charge in [0.2, 0.25) is 0 Å². The van der Waals surface area contributed by atoms with Gasteiger partial charge >= 0.3 is 0 Å². The van der Waals surface area contributed by atoms with Crippen molar-refractivity contribution in [2.45, 2.75) is 25.3 Å². The number of allylic oxidation sites excluding steroid dienone is 1. The molecule has 0 fully saturated rings. The van der Waals surface area contributed by atoms with Crippen LogP contribution in [0.2, 0.25) is 5.02 Å². The van der Waals surface area contributed by atoms with Gasteiger partial charge in [0.1, 0.15) is 0 Å². The van der Waals surface area contributed by atoms with Crippen molar-refractivity contribution in [3.63, 3.8) is 0 Å². The van der Waals surface area contributed by atoms with Crippen LogP contribution in [0.3, 0.4) is 0 Å². The van der Waals surface area contributed by atoms with Crippen molar-refractivity contribution in [1.82, 2.24) is 0 Å². The molecule has 0 aromatic heterocycles. The Balaban J connectivity index is 1.86. The SMILES string of the molecule is O=C1CCCC2=C1C(c1ccc(Cl)cc1)Nc1ccccc1N2. The maximum atomic E-state index is 12.6. The average Bonchev–Trinajstić information content (AvgIpc) is 2.73. The normalized spacial score (nSPS) is 20.0. The number of halogens is 1. The summed E-state index contributed by atoms with van der Waals surface area (Å²) in [6.07, 6.45) is 2.42. The van der Waals surface area contributed by atoms with E-state index in [4.69, 9.17) is 11.6 Å². The number of para-hydroxylation sites is 2. The largest absolute Gasteiger partial charge is 0.372 e. The molecule has 2 N–H and O–H groups in total. The summed E-state index contributed by atoms with van der Waals surface area (Å²) < 4.78 is 0. The van der Waals surface area contributed by atoms with Gasteiger partial charge in [0.05, 0.1) is 17.4 Å². The zero-order valence-electron chi connectivity index (χ0n) is 12.6. The summed E-state index contributed by atoms with van der Waals surface area (Å²) >= 11 is 6.02. The van der Waals surface area contributed by atoms with E-state index in [0.717, 1.165) is 41.1 Å². The zero-order chi connectivity index (χ0) is 15.8. The van der Waals surface area contributed by atoms with E-state index < -0.39 is 0 Å². The number of hydrogen-bond acceptors (Lipinski definition) is 3. The first kappa shape index (κ1) is 14.3. The Morgan fingerprint density at radius 1 is 0.957 bits per heavy atom. The third-order valence-electron chi connectivity index (χ3n) is 4.46. The second kappa shape index (κ2) is 5.74. The predicted molar refractivity (Wildman–Crippen MR) is 93.8 cm³/mol. The molecule has 2 aromatic carbocycles. The fourth-order valence-electron chi connectivity index (χ4n) is 3.34. The van der Waals surface area contributed by atoms with Crippen LogP contribution < -0.4 is 10.6 Å². The van der Waals surface area contributed by atoms with Crippen LogP contribution in [0.5, 0.6) is 0 Å². The molecule has 3 nitrogen and oxygen atoms in total. The highest BCUT2D eigenvalue weighted by Crippen LogP contribution is 2.40. The number of ketones is 1. The second-order valence-electron chi connectivity index (χ2n) is 5.97. The monoisotopic (exact) mass is 324 g/mol. The Kier molecular flexibility index (Phi) is 3.58. The van der Waals surface area contributed by atoms with Crippen LogP contribution in [0.25, 0.3) is 0 Å². The number of nitrogens with one attached hydrogen (secondary N) is 2. The molecule has 1 atom stereocenters. The first-order chi connectivity index (χ1) is 11.2. The van der Waals surface area contributed by atoms with E-state index in [2.05, 4.69) is 10.6 Å². The van der Waals surface area contributed by atoms with E-state index in [1.54, 1.807) is 0 Å². The van der Waals surface area contributed by atoms with Gasteiger partial charge in [0.25, 0.3) is 0 Å². The van der Waals surface area contributed by atoms with E-state index >= 15 is 0 Å². The molecule has 0 radical (unpaired) electrons. The van der Waals surface area contributed by atoms with E-state index in [1.165, 1.54) is 0 Å². The number of carbonyl (C=O) groups is 1. The molecule has 0 saturated carbocycles. The number of benzene rings is 2. The number of hydrogen-bond donors (Lipinski definition) is 2. The molecule has 4 heteroatoms. The van der Waals surface area contributed by atoms with Gasteiger partial charge in [0.15, 0.2) is 5.78 Å². The summed E-state index contributed by atoms with van der Waals surface area (Å²) in [4.78, 5) is 12.6. The van der Waals surface area contributed by atoms with Gasteiger partial charge in [0, 0.05) is 22.7 Å². The first-order valence-corrected chi connectivity index (χ1v) is 8.24. The molecule has 0 bridgehead atoms. The summed E-state index contributed by atoms with van der Waals surface area (Å²) in [7, 11) is 0. The quantitative estimate of drug-likeness (QED) is 0.781. The van der Waals surface area contributed by atoms with Gasteiger partial charge in [-0.25, -0.2) is 0 Å². The summed E-state index contributed by atoms with van der Waals surface area (Å²) in [5.41, 5.74) is 4.98.